The van der Waals surface area contributed by atoms with E-state index < -0.39 is 0 Å². The number of aryl methyl sites for hydroxylation is 2. The maximum absolute atomic E-state index is 9.77. The van der Waals surface area contributed by atoms with Crippen LogP contribution < -0.4 is 0 Å². The van der Waals surface area contributed by atoms with E-state index in [4.69, 9.17) is 4.42 Å². The average Bonchev–Trinajstić information content (AvgIpc) is 3.33. The van der Waals surface area contributed by atoms with Crippen molar-refractivity contribution < 1.29 is 4.42 Å². The van der Waals surface area contributed by atoms with Gasteiger partial charge in [0.15, 0.2) is 0 Å². The van der Waals surface area contributed by atoms with Crippen molar-refractivity contribution in [3.05, 3.63) is 68.4 Å². The molecule has 0 saturated heterocycles. The molecule has 0 radical (unpaired) electrons. The second kappa shape index (κ2) is 7.37. The van der Waals surface area contributed by atoms with E-state index in [-0.39, 0.29) is 0 Å². The van der Waals surface area contributed by atoms with Gasteiger partial charge in [-0.25, -0.2) is 4.98 Å². The van der Waals surface area contributed by atoms with E-state index in [0.29, 0.717) is 22.8 Å². The Bertz CT molecular complexity index is 1420. The summed E-state index contributed by atoms with van der Waals surface area (Å²) in [5.74, 6) is 1.74. The quantitative estimate of drug-likeness (QED) is 0.387. The molecule has 0 saturated carbocycles. The molecule has 0 amide bonds. The van der Waals surface area contributed by atoms with E-state index in [1.54, 1.807) is 6.08 Å². The Balaban J connectivity index is 1.84. The number of benzene rings is 1. The van der Waals surface area contributed by atoms with Gasteiger partial charge in [0.25, 0.3) is 0 Å². The highest BCUT2D eigenvalue weighted by atomic mass is 79.9. The number of nitriles is 2. The zero-order chi connectivity index (χ0) is 21.6. The van der Waals surface area contributed by atoms with Crippen LogP contribution in [0.1, 0.15) is 39.7 Å². The summed E-state index contributed by atoms with van der Waals surface area (Å²) in [7, 11) is 0. The molecule has 0 spiro atoms. The third-order valence-corrected chi connectivity index (χ3v) is 5.76. The van der Waals surface area contributed by atoms with Crippen LogP contribution >= 0.6 is 15.9 Å². The van der Waals surface area contributed by atoms with Crippen molar-refractivity contribution in [2.24, 2.45) is 0 Å². The summed E-state index contributed by atoms with van der Waals surface area (Å²) < 4.78 is 8.75. The van der Waals surface area contributed by atoms with Crippen molar-refractivity contribution in [3.8, 4) is 18.0 Å². The molecule has 0 bridgehead atoms. The van der Waals surface area contributed by atoms with Gasteiger partial charge in [0.2, 0.25) is 5.88 Å². The number of nitrogens with zero attached hydrogens (tertiary/aromatic N) is 4. The van der Waals surface area contributed by atoms with Crippen LogP contribution in [0.2, 0.25) is 0 Å². The molecule has 0 aliphatic heterocycles. The summed E-state index contributed by atoms with van der Waals surface area (Å²) >= 11 is 3.45. The smallest absolute Gasteiger partial charge is 0.222 e. The van der Waals surface area contributed by atoms with Gasteiger partial charge < -0.3 is 9.40 Å². The number of allylic oxidation sites excluding steroid dienone is 1. The Labute approximate surface area is 182 Å². The first-order valence-electron chi connectivity index (χ1n) is 9.31. The van der Waals surface area contributed by atoms with Crippen LogP contribution in [0.15, 0.2) is 33.2 Å². The predicted octanol–water partition coefficient (Wildman–Crippen LogP) is 5.88. The number of imidazole rings is 1. The Morgan fingerprint density at radius 3 is 2.67 bits per heavy atom. The number of halogens is 1. The number of rotatable bonds is 3. The molecule has 3 aromatic heterocycles. The lowest BCUT2D eigenvalue weighted by atomic mass is 10.1. The van der Waals surface area contributed by atoms with Gasteiger partial charge in [-0.05, 0) is 63.6 Å². The highest BCUT2D eigenvalue weighted by molar-refractivity contribution is 9.10. The summed E-state index contributed by atoms with van der Waals surface area (Å²) in [5.41, 5.74) is 6.08. The molecule has 0 aliphatic rings. The summed E-state index contributed by atoms with van der Waals surface area (Å²) in [6.45, 7) is 7.62. The highest BCUT2D eigenvalue weighted by Gasteiger charge is 2.20. The number of aromatic nitrogens is 3. The maximum atomic E-state index is 9.77. The van der Waals surface area contributed by atoms with E-state index in [1.807, 2.05) is 56.5 Å². The molecular weight excluding hydrogens is 442 g/mol. The molecule has 7 heteroatoms. The zero-order valence-corrected chi connectivity index (χ0v) is 18.5. The Morgan fingerprint density at radius 1 is 1.20 bits per heavy atom. The third kappa shape index (κ3) is 3.14. The average molecular weight is 460 g/mol. The van der Waals surface area contributed by atoms with E-state index in [2.05, 4.69) is 38.0 Å². The van der Waals surface area contributed by atoms with Crippen LogP contribution in [0.3, 0.4) is 0 Å². The van der Waals surface area contributed by atoms with Crippen molar-refractivity contribution in [3.63, 3.8) is 0 Å². The second-order valence-electron chi connectivity index (χ2n) is 7.15. The van der Waals surface area contributed by atoms with Crippen LogP contribution in [-0.2, 0) is 0 Å². The fourth-order valence-electron chi connectivity index (χ4n) is 3.56. The normalized spacial score (nSPS) is 11.6. The van der Waals surface area contributed by atoms with Crippen molar-refractivity contribution in [1.29, 1.82) is 10.5 Å². The molecule has 0 aliphatic carbocycles. The van der Waals surface area contributed by atoms with Gasteiger partial charge in [-0.1, -0.05) is 15.9 Å². The van der Waals surface area contributed by atoms with Gasteiger partial charge in [0.05, 0.1) is 16.6 Å². The Kier molecular flexibility index (Phi) is 4.85. The van der Waals surface area contributed by atoms with Gasteiger partial charge in [0, 0.05) is 21.4 Å². The predicted molar refractivity (Wildman–Crippen MR) is 119 cm³/mol. The SMILES string of the molecule is Cc1oc(-n2c(C)cc(C=C(C#N)c3nc4ccc(Br)cc4[nH]3)c2C)c(C#N)c1C. The minimum atomic E-state index is 0.426. The summed E-state index contributed by atoms with van der Waals surface area (Å²) in [6, 6.07) is 12.2. The topological polar surface area (TPSA) is 94.3 Å². The first-order valence-corrected chi connectivity index (χ1v) is 10.1. The Hall–Kier alpha value is -3.55. The number of furan rings is 1. The minimum absolute atomic E-state index is 0.426. The highest BCUT2D eigenvalue weighted by Crippen LogP contribution is 2.30. The van der Waals surface area contributed by atoms with Crippen LogP contribution in [0.25, 0.3) is 28.6 Å². The maximum Gasteiger partial charge on any atom is 0.222 e. The number of hydrogen-bond acceptors (Lipinski definition) is 4. The van der Waals surface area contributed by atoms with Crippen molar-refractivity contribution in [2.45, 2.75) is 27.7 Å². The zero-order valence-electron chi connectivity index (χ0n) is 17.0. The van der Waals surface area contributed by atoms with Crippen molar-refractivity contribution in [2.75, 3.05) is 0 Å². The fraction of sp³-hybridized carbons (Fsp3) is 0.174. The van der Waals surface area contributed by atoms with Crippen LogP contribution in [0.5, 0.6) is 0 Å². The van der Waals surface area contributed by atoms with Crippen molar-refractivity contribution >= 4 is 38.6 Å². The van der Waals surface area contributed by atoms with Gasteiger partial charge in [0.1, 0.15) is 29.3 Å². The molecule has 4 rings (SSSR count). The van der Waals surface area contributed by atoms with E-state index in [0.717, 1.165) is 43.8 Å². The van der Waals surface area contributed by atoms with Crippen LogP contribution in [-0.4, -0.2) is 14.5 Å². The number of aromatic amines is 1. The molecule has 148 valence electrons. The van der Waals surface area contributed by atoms with Gasteiger partial charge in [-0.2, -0.15) is 10.5 Å². The summed E-state index contributed by atoms with van der Waals surface area (Å²) in [4.78, 5) is 7.75. The third-order valence-electron chi connectivity index (χ3n) is 5.27. The molecule has 6 nitrogen and oxygen atoms in total. The standard InChI is InChI=1S/C23H18BrN5O/c1-12-7-16(14(3)29(12)23-19(11-26)13(2)15(4)30-23)8-17(10-25)22-27-20-6-5-18(24)9-21(20)28-22/h5-9H,1-4H3,(H,27,28). The van der Waals surface area contributed by atoms with E-state index in [9.17, 15) is 10.5 Å². The Morgan fingerprint density at radius 2 is 1.97 bits per heavy atom. The van der Waals surface area contributed by atoms with E-state index >= 15 is 0 Å². The van der Waals surface area contributed by atoms with Crippen LogP contribution in [0.4, 0.5) is 0 Å². The lowest BCUT2D eigenvalue weighted by molar-refractivity contribution is 0.503. The monoisotopic (exact) mass is 459 g/mol. The molecule has 1 aromatic carbocycles. The molecule has 0 atom stereocenters. The molecule has 0 fully saturated rings. The molecule has 30 heavy (non-hydrogen) atoms. The lowest BCUT2D eigenvalue weighted by Gasteiger charge is -2.06. The van der Waals surface area contributed by atoms with Gasteiger partial charge in [-0.3, -0.25) is 4.57 Å². The van der Waals surface area contributed by atoms with Crippen molar-refractivity contribution in [1.82, 2.24) is 14.5 Å². The second-order valence-corrected chi connectivity index (χ2v) is 8.07. The summed E-state index contributed by atoms with van der Waals surface area (Å²) in [5, 5.41) is 19.4. The molecule has 3 heterocycles. The molecular formula is C23H18BrN5O. The number of hydrogen-bond donors (Lipinski definition) is 1. The minimum Gasteiger partial charge on any atom is -0.443 e. The number of H-pyrrole nitrogens is 1. The van der Waals surface area contributed by atoms with Crippen LogP contribution in [0, 0.1) is 50.4 Å². The molecule has 1 N–H and O–H groups in total. The van der Waals surface area contributed by atoms with E-state index in [1.165, 1.54) is 0 Å². The first kappa shape index (κ1) is 19.8. The van der Waals surface area contributed by atoms with Gasteiger partial charge >= 0.3 is 0 Å². The number of nitrogens with one attached hydrogen (secondary N) is 1. The number of fused-ring (bicyclic) bond motifs is 1. The van der Waals surface area contributed by atoms with Gasteiger partial charge in [-0.15, -0.1) is 0 Å². The lowest BCUT2D eigenvalue weighted by Crippen LogP contribution is -2.00. The first-order chi connectivity index (χ1) is 14.3. The largest absolute Gasteiger partial charge is 0.443 e. The summed E-state index contributed by atoms with van der Waals surface area (Å²) in [6.07, 6.45) is 1.81. The fourth-order valence-corrected chi connectivity index (χ4v) is 3.92. The molecule has 0 unspecified atom stereocenters. The molecule has 4 aromatic rings.